The zero-order chi connectivity index (χ0) is 13.7. The summed E-state index contributed by atoms with van der Waals surface area (Å²) in [5.41, 5.74) is 0. The molecule has 2 unspecified atom stereocenters. The maximum Gasteiger partial charge on any atom is 0.323 e. The van der Waals surface area contributed by atoms with Gasteiger partial charge in [0.05, 0.1) is 7.11 Å². The molecule has 1 N–H and O–H groups in total. The molecule has 1 rings (SSSR count). The number of nitrogens with one attached hydrogen (secondary N) is 1. The topological polar surface area (TPSA) is 38.3 Å². The lowest BCUT2D eigenvalue weighted by atomic mass is 9.79. The van der Waals surface area contributed by atoms with Crippen LogP contribution < -0.4 is 5.32 Å². The van der Waals surface area contributed by atoms with Gasteiger partial charge in [0.15, 0.2) is 0 Å². The molecule has 3 heteroatoms. The first-order valence-corrected chi connectivity index (χ1v) is 7.29. The van der Waals surface area contributed by atoms with Gasteiger partial charge in [0.25, 0.3) is 0 Å². The van der Waals surface area contributed by atoms with Gasteiger partial charge < -0.3 is 10.1 Å². The number of hydrogen-bond donors (Lipinski definition) is 1. The summed E-state index contributed by atoms with van der Waals surface area (Å²) >= 11 is 0. The van der Waals surface area contributed by atoms with Crippen LogP contribution in [-0.2, 0) is 9.53 Å². The van der Waals surface area contributed by atoms with E-state index in [0.717, 1.165) is 11.8 Å². The quantitative estimate of drug-likeness (QED) is 0.768. The summed E-state index contributed by atoms with van der Waals surface area (Å²) in [5, 5.41) is 3.52. The van der Waals surface area contributed by atoms with Crippen molar-refractivity contribution in [3.05, 3.63) is 0 Å². The molecule has 1 aliphatic rings. The van der Waals surface area contributed by atoms with Crippen LogP contribution in [0.15, 0.2) is 0 Å². The predicted octanol–water partition coefficient (Wildman–Crippen LogP) is 2.99. The Bertz CT molecular complexity index is 263. The van der Waals surface area contributed by atoms with Gasteiger partial charge in [-0.25, -0.2) is 0 Å². The highest BCUT2D eigenvalue weighted by molar-refractivity contribution is 5.75. The lowest BCUT2D eigenvalue weighted by molar-refractivity contribution is -0.144. The predicted molar refractivity (Wildman–Crippen MR) is 74.4 cm³/mol. The van der Waals surface area contributed by atoms with Crippen LogP contribution in [0.5, 0.6) is 0 Å². The van der Waals surface area contributed by atoms with Crippen molar-refractivity contribution < 1.29 is 9.53 Å². The molecule has 1 saturated carbocycles. The van der Waals surface area contributed by atoms with Gasteiger partial charge in [-0.05, 0) is 30.6 Å². The zero-order valence-electron chi connectivity index (χ0n) is 12.5. The molecule has 1 aliphatic carbocycles. The SMILES string of the molecule is COC(=O)[C@@H](NC1CCCC(C(C)C)C1)C(C)C. The number of carbonyl (C=O) groups is 1. The van der Waals surface area contributed by atoms with E-state index in [0.29, 0.717) is 6.04 Å². The number of rotatable bonds is 5. The van der Waals surface area contributed by atoms with Crippen molar-refractivity contribution in [2.24, 2.45) is 17.8 Å². The van der Waals surface area contributed by atoms with Gasteiger partial charge in [0.1, 0.15) is 6.04 Å². The molecule has 0 aromatic carbocycles. The van der Waals surface area contributed by atoms with Crippen molar-refractivity contribution in [3.63, 3.8) is 0 Å². The fraction of sp³-hybridized carbons (Fsp3) is 0.933. The fourth-order valence-electron chi connectivity index (χ4n) is 2.90. The van der Waals surface area contributed by atoms with Crippen molar-refractivity contribution >= 4 is 5.97 Å². The highest BCUT2D eigenvalue weighted by Gasteiger charge is 2.29. The normalized spacial score (nSPS) is 26.4. The van der Waals surface area contributed by atoms with Crippen molar-refractivity contribution in [1.82, 2.24) is 5.32 Å². The van der Waals surface area contributed by atoms with E-state index < -0.39 is 0 Å². The number of hydrogen-bond acceptors (Lipinski definition) is 3. The Kier molecular flexibility index (Phi) is 6.13. The lowest BCUT2D eigenvalue weighted by Gasteiger charge is -2.34. The van der Waals surface area contributed by atoms with E-state index in [1.165, 1.54) is 32.8 Å². The number of methoxy groups -OCH3 is 1. The zero-order valence-corrected chi connectivity index (χ0v) is 12.5. The molecule has 0 aromatic heterocycles. The summed E-state index contributed by atoms with van der Waals surface area (Å²) in [6, 6.07) is 0.309. The van der Waals surface area contributed by atoms with E-state index in [4.69, 9.17) is 4.74 Å². The Morgan fingerprint density at radius 3 is 2.39 bits per heavy atom. The number of esters is 1. The van der Waals surface area contributed by atoms with Crippen molar-refractivity contribution in [2.75, 3.05) is 7.11 Å². The smallest absolute Gasteiger partial charge is 0.323 e. The Labute approximate surface area is 112 Å². The summed E-state index contributed by atoms with van der Waals surface area (Å²) in [4.78, 5) is 11.8. The molecule has 106 valence electrons. The maximum atomic E-state index is 11.8. The lowest BCUT2D eigenvalue weighted by Crippen LogP contribution is -2.48. The third-order valence-electron chi connectivity index (χ3n) is 4.19. The molecule has 0 spiro atoms. The number of carbonyl (C=O) groups excluding carboxylic acids is 1. The molecule has 3 nitrogen and oxygen atoms in total. The fourth-order valence-corrected chi connectivity index (χ4v) is 2.90. The van der Waals surface area contributed by atoms with Gasteiger partial charge in [-0.15, -0.1) is 0 Å². The molecule has 0 heterocycles. The van der Waals surface area contributed by atoms with Crippen LogP contribution in [0.3, 0.4) is 0 Å². The van der Waals surface area contributed by atoms with Crippen LogP contribution >= 0.6 is 0 Å². The molecule has 3 atom stereocenters. The first-order chi connectivity index (χ1) is 8.45. The minimum atomic E-state index is -0.161. The Morgan fingerprint density at radius 1 is 1.22 bits per heavy atom. The van der Waals surface area contributed by atoms with Crippen LogP contribution in [0, 0.1) is 17.8 Å². The third kappa shape index (κ3) is 4.27. The monoisotopic (exact) mass is 255 g/mol. The Hall–Kier alpha value is -0.570. The van der Waals surface area contributed by atoms with E-state index in [9.17, 15) is 4.79 Å². The van der Waals surface area contributed by atoms with Crippen LogP contribution in [0.25, 0.3) is 0 Å². The summed E-state index contributed by atoms with van der Waals surface area (Å²) in [6.45, 7) is 8.73. The highest BCUT2D eigenvalue weighted by Crippen LogP contribution is 2.30. The second-order valence-electron chi connectivity index (χ2n) is 6.28. The van der Waals surface area contributed by atoms with Gasteiger partial charge in [-0.3, -0.25) is 4.79 Å². The van der Waals surface area contributed by atoms with Gasteiger partial charge in [0.2, 0.25) is 0 Å². The minimum Gasteiger partial charge on any atom is -0.468 e. The molecule has 0 radical (unpaired) electrons. The highest BCUT2D eigenvalue weighted by atomic mass is 16.5. The first-order valence-electron chi connectivity index (χ1n) is 7.29. The molecule has 18 heavy (non-hydrogen) atoms. The molecule has 0 aromatic rings. The van der Waals surface area contributed by atoms with Crippen LogP contribution in [0.1, 0.15) is 53.4 Å². The average Bonchev–Trinajstić information content (AvgIpc) is 2.35. The Morgan fingerprint density at radius 2 is 1.89 bits per heavy atom. The molecule has 1 fully saturated rings. The minimum absolute atomic E-state index is 0.128. The second-order valence-corrected chi connectivity index (χ2v) is 6.28. The largest absolute Gasteiger partial charge is 0.468 e. The van der Waals surface area contributed by atoms with E-state index in [2.05, 4.69) is 33.0 Å². The van der Waals surface area contributed by atoms with Crippen molar-refractivity contribution in [3.8, 4) is 0 Å². The average molecular weight is 255 g/mol. The van der Waals surface area contributed by atoms with Crippen LogP contribution in [0.2, 0.25) is 0 Å². The van der Waals surface area contributed by atoms with Gasteiger partial charge in [0, 0.05) is 6.04 Å². The standard InChI is InChI=1S/C15H29NO2/c1-10(2)12-7-6-8-13(9-12)16-14(11(3)4)15(17)18-5/h10-14,16H,6-9H2,1-5H3/t12?,13?,14-/m0/s1. The van der Waals surface area contributed by atoms with Crippen molar-refractivity contribution in [1.29, 1.82) is 0 Å². The third-order valence-corrected chi connectivity index (χ3v) is 4.19. The second kappa shape index (κ2) is 7.13. The summed E-state index contributed by atoms with van der Waals surface area (Å²) in [7, 11) is 1.47. The molecule has 0 amide bonds. The molecule has 0 saturated heterocycles. The summed E-state index contributed by atoms with van der Waals surface area (Å²) < 4.78 is 4.89. The number of ether oxygens (including phenoxy) is 1. The van der Waals surface area contributed by atoms with E-state index in [1.807, 2.05) is 0 Å². The summed E-state index contributed by atoms with van der Waals surface area (Å²) in [6.07, 6.45) is 4.98. The van der Waals surface area contributed by atoms with E-state index in [1.54, 1.807) is 0 Å². The maximum absolute atomic E-state index is 11.8. The molecule has 0 bridgehead atoms. The first kappa shape index (κ1) is 15.5. The van der Waals surface area contributed by atoms with Gasteiger partial charge >= 0.3 is 5.97 Å². The van der Waals surface area contributed by atoms with Crippen LogP contribution in [-0.4, -0.2) is 25.2 Å². The van der Waals surface area contributed by atoms with Crippen molar-refractivity contribution in [2.45, 2.75) is 65.5 Å². The van der Waals surface area contributed by atoms with Gasteiger partial charge in [-0.1, -0.05) is 40.5 Å². The van der Waals surface area contributed by atoms with Gasteiger partial charge in [-0.2, -0.15) is 0 Å². The summed E-state index contributed by atoms with van der Waals surface area (Å²) in [5.74, 6) is 1.68. The molecular weight excluding hydrogens is 226 g/mol. The molecule has 0 aliphatic heterocycles. The van der Waals surface area contributed by atoms with Crippen LogP contribution in [0.4, 0.5) is 0 Å². The van der Waals surface area contributed by atoms with E-state index in [-0.39, 0.29) is 17.9 Å². The Balaban J connectivity index is 2.55. The van der Waals surface area contributed by atoms with E-state index >= 15 is 0 Å². The molecular formula is C15H29NO2.